The summed E-state index contributed by atoms with van der Waals surface area (Å²) in [4.78, 5) is 2.13. The third-order valence-corrected chi connectivity index (χ3v) is 3.16. The van der Waals surface area contributed by atoms with Crippen LogP contribution in [0.15, 0.2) is 42.5 Å². The van der Waals surface area contributed by atoms with Gasteiger partial charge in [0.15, 0.2) is 0 Å². The van der Waals surface area contributed by atoms with Crippen LogP contribution in [0.3, 0.4) is 0 Å². The van der Waals surface area contributed by atoms with Crippen LogP contribution in [0, 0.1) is 5.82 Å². The molecule has 0 heterocycles. The van der Waals surface area contributed by atoms with Gasteiger partial charge in [-0.2, -0.15) is 0 Å². The largest absolute Gasteiger partial charge is 0.497 e. The van der Waals surface area contributed by atoms with Crippen molar-refractivity contribution in [2.24, 2.45) is 0 Å². The number of ether oxygens (including phenoxy) is 1. The molecule has 0 saturated carbocycles. The van der Waals surface area contributed by atoms with Gasteiger partial charge in [-0.25, -0.2) is 4.39 Å². The Morgan fingerprint density at radius 1 is 1.10 bits per heavy atom. The molecular formula is C16H19FN2O. The highest BCUT2D eigenvalue weighted by Crippen LogP contribution is 2.17. The summed E-state index contributed by atoms with van der Waals surface area (Å²) in [7, 11) is 3.66. The summed E-state index contributed by atoms with van der Waals surface area (Å²) in [6, 6.07) is 12.5. The molecule has 0 amide bonds. The first-order valence-electron chi connectivity index (χ1n) is 6.44. The molecule has 2 aromatic carbocycles. The number of rotatable bonds is 5. The van der Waals surface area contributed by atoms with Crippen LogP contribution in [0.4, 0.5) is 10.1 Å². The highest BCUT2D eigenvalue weighted by Gasteiger charge is 2.06. The van der Waals surface area contributed by atoms with Gasteiger partial charge in [0.1, 0.15) is 11.6 Å². The fourth-order valence-corrected chi connectivity index (χ4v) is 2.10. The summed E-state index contributed by atoms with van der Waals surface area (Å²) in [5.74, 6) is 0.545. The molecule has 0 atom stereocenters. The lowest BCUT2D eigenvalue weighted by Crippen LogP contribution is -2.18. The van der Waals surface area contributed by atoms with Crippen molar-refractivity contribution in [3.8, 4) is 5.75 Å². The molecule has 0 aliphatic carbocycles. The van der Waals surface area contributed by atoms with Gasteiger partial charge in [-0.1, -0.05) is 18.2 Å². The van der Waals surface area contributed by atoms with Crippen LogP contribution in [-0.4, -0.2) is 19.1 Å². The molecule has 106 valence electrons. The molecule has 0 bridgehead atoms. The Hall–Kier alpha value is -2.07. The Bertz CT molecular complexity index is 569. The van der Waals surface area contributed by atoms with E-state index >= 15 is 0 Å². The average molecular weight is 274 g/mol. The van der Waals surface area contributed by atoms with Crippen LogP contribution in [0.2, 0.25) is 0 Å². The van der Waals surface area contributed by atoms with Gasteiger partial charge in [0, 0.05) is 18.8 Å². The molecule has 0 aliphatic rings. The normalized spacial score (nSPS) is 10.8. The maximum absolute atomic E-state index is 13.0. The number of benzene rings is 2. The summed E-state index contributed by atoms with van der Waals surface area (Å²) in [5.41, 5.74) is 8.43. The first-order chi connectivity index (χ1) is 9.58. The monoisotopic (exact) mass is 274 g/mol. The SMILES string of the molecule is COc1ccc(CN(C)Cc2ccc(F)cc2N)cc1. The van der Waals surface area contributed by atoms with E-state index in [1.165, 1.54) is 17.7 Å². The van der Waals surface area contributed by atoms with Gasteiger partial charge >= 0.3 is 0 Å². The summed E-state index contributed by atoms with van der Waals surface area (Å²) in [5, 5.41) is 0. The number of anilines is 1. The highest BCUT2D eigenvalue weighted by atomic mass is 19.1. The number of halogens is 1. The molecule has 3 nitrogen and oxygen atoms in total. The molecule has 0 unspecified atom stereocenters. The zero-order valence-corrected chi connectivity index (χ0v) is 11.8. The topological polar surface area (TPSA) is 38.5 Å². The second-order valence-corrected chi connectivity index (χ2v) is 4.86. The molecule has 4 heteroatoms. The van der Waals surface area contributed by atoms with E-state index < -0.39 is 0 Å². The van der Waals surface area contributed by atoms with E-state index in [-0.39, 0.29) is 5.82 Å². The van der Waals surface area contributed by atoms with Crippen molar-refractivity contribution in [1.82, 2.24) is 4.90 Å². The molecule has 2 aromatic rings. The summed E-state index contributed by atoms with van der Waals surface area (Å²) in [6.45, 7) is 1.47. The van der Waals surface area contributed by atoms with Crippen molar-refractivity contribution in [3.63, 3.8) is 0 Å². The van der Waals surface area contributed by atoms with Crippen LogP contribution in [0.5, 0.6) is 5.75 Å². The predicted molar refractivity (Wildman–Crippen MR) is 79.0 cm³/mol. The maximum atomic E-state index is 13.0. The third-order valence-electron chi connectivity index (χ3n) is 3.16. The lowest BCUT2D eigenvalue weighted by Gasteiger charge is -2.18. The summed E-state index contributed by atoms with van der Waals surface area (Å²) >= 11 is 0. The van der Waals surface area contributed by atoms with Gasteiger partial charge < -0.3 is 10.5 Å². The van der Waals surface area contributed by atoms with Gasteiger partial charge in [-0.3, -0.25) is 4.90 Å². The molecular weight excluding hydrogens is 255 g/mol. The van der Waals surface area contributed by atoms with Crippen molar-refractivity contribution < 1.29 is 9.13 Å². The zero-order valence-electron chi connectivity index (χ0n) is 11.8. The van der Waals surface area contributed by atoms with Crippen molar-refractivity contribution in [1.29, 1.82) is 0 Å². The van der Waals surface area contributed by atoms with Gasteiger partial charge in [0.25, 0.3) is 0 Å². The molecule has 0 radical (unpaired) electrons. The fourth-order valence-electron chi connectivity index (χ4n) is 2.10. The van der Waals surface area contributed by atoms with E-state index in [1.807, 2.05) is 31.3 Å². The number of hydrogen-bond donors (Lipinski definition) is 1. The van der Waals surface area contributed by atoms with E-state index in [0.29, 0.717) is 12.2 Å². The second-order valence-electron chi connectivity index (χ2n) is 4.86. The minimum absolute atomic E-state index is 0.302. The highest BCUT2D eigenvalue weighted by molar-refractivity contribution is 5.46. The maximum Gasteiger partial charge on any atom is 0.125 e. The number of hydrogen-bond acceptors (Lipinski definition) is 3. The van der Waals surface area contributed by atoms with Crippen LogP contribution in [0.1, 0.15) is 11.1 Å². The van der Waals surface area contributed by atoms with E-state index in [4.69, 9.17) is 10.5 Å². The molecule has 0 aromatic heterocycles. The minimum atomic E-state index is -0.302. The van der Waals surface area contributed by atoms with Crippen molar-refractivity contribution in [2.75, 3.05) is 19.9 Å². The molecule has 2 N–H and O–H groups in total. The van der Waals surface area contributed by atoms with E-state index in [9.17, 15) is 4.39 Å². The standard InChI is InChI=1S/C16H19FN2O/c1-19(10-12-3-7-15(20-2)8-4-12)11-13-5-6-14(17)9-16(13)18/h3-9H,10-11,18H2,1-2H3. The quantitative estimate of drug-likeness (QED) is 0.852. The van der Waals surface area contributed by atoms with E-state index in [0.717, 1.165) is 17.9 Å². The molecule has 20 heavy (non-hydrogen) atoms. The van der Waals surface area contributed by atoms with Crippen molar-refractivity contribution in [2.45, 2.75) is 13.1 Å². The number of methoxy groups -OCH3 is 1. The number of nitrogens with two attached hydrogens (primary N) is 1. The first-order valence-corrected chi connectivity index (χ1v) is 6.44. The number of nitrogen functional groups attached to an aromatic ring is 1. The fraction of sp³-hybridized carbons (Fsp3) is 0.250. The van der Waals surface area contributed by atoms with E-state index in [1.54, 1.807) is 13.2 Å². The Labute approximate surface area is 118 Å². The minimum Gasteiger partial charge on any atom is -0.497 e. The molecule has 2 rings (SSSR count). The summed E-state index contributed by atoms with van der Waals surface area (Å²) < 4.78 is 18.1. The van der Waals surface area contributed by atoms with Crippen molar-refractivity contribution in [3.05, 3.63) is 59.4 Å². The second kappa shape index (κ2) is 6.39. The van der Waals surface area contributed by atoms with Gasteiger partial charge in [-0.15, -0.1) is 0 Å². The Morgan fingerprint density at radius 2 is 1.80 bits per heavy atom. The Kier molecular flexibility index (Phi) is 4.58. The zero-order chi connectivity index (χ0) is 14.5. The van der Waals surface area contributed by atoms with Gasteiger partial charge in [-0.05, 0) is 42.4 Å². The average Bonchev–Trinajstić information content (AvgIpc) is 2.43. The lowest BCUT2D eigenvalue weighted by atomic mass is 10.1. The van der Waals surface area contributed by atoms with Crippen molar-refractivity contribution >= 4 is 5.69 Å². The number of nitrogens with zero attached hydrogens (tertiary/aromatic N) is 1. The first kappa shape index (κ1) is 14.3. The molecule has 0 fully saturated rings. The van der Waals surface area contributed by atoms with Crippen LogP contribution in [-0.2, 0) is 13.1 Å². The third kappa shape index (κ3) is 3.71. The molecule has 0 aliphatic heterocycles. The molecule has 0 spiro atoms. The Morgan fingerprint density at radius 3 is 2.40 bits per heavy atom. The van der Waals surface area contributed by atoms with Crippen LogP contribution >= 0.6 is 0 Å². The van der Waals surface area contributed by atoms with Gasteiger partial charge in [0.05, 0.1) is 7.11 Å². The predicted octanol–water partition coefficient (Wildman–Crippen LogP) is 3.05. The lowest BCUT2D eigenvalue weighted by molar-refractivity contribution is 0.319. The Balaban J connectivity index is 1.99. The smallest absolute Gasteiger partial charge is 0.125 e. The van der Waals surface area contributed by atoms with E-state index in [2.05, 4.69) is 4.90 Å². The van der Waals surface area contributed by atoms with Crippen LogP contribution in [0.25, 0.3) is 0 Å². The van der Waals surface area contributed by atoms with Gasteiger partial charge in [0.2, 0.25) is 0 Å². The summed E-state index contributed by atoms with van der Waals surface area (Å²) in [6.07, 6.45) is 0. The molecule has 0 saturated heterocycles. The van der Waals surface area contributed by atoms with Crippen LogP contribution < -0.4 is 10.5 Å².